The molecule has 0 aromatic carbocycles. The van der Waals surface area contributed by atoms with Gasteiger partial charge in [0.1, 0.15) is 12.2 Å². The summed E-state index contributed by atoms with van der Waals surface area (Å²) in [7, 11) is 0. The highest BCUT2D eigenvalue weighted by Gasteiger charge is 2.15. The number of halogens is 1. The Morgan fingerprint density at radius 2 is 1.32 bits per heavy atom. The SMILES string of the molecule is CC(C)(C)OC(=O)COCCOCCOCCOCCNC(=O)CBr. The monoisotopic (exact) mass is 427 g/mol. The molecule has 0 aliphatic rings. The fourth-order valence-corrected chi connectivity index (χ4v) is 1.69. The van der Waals surface area contributed by atoms with Crippen LogP contribution < -0.4 is 5.32 Å². The Labute approximate surface area is 158 Å². The second-order valence-corrected chi connectivity index (χ2v) is 6.52. The molecular weight excluding hydrogens is 398 g/mol. The van der Waals surface area contributed by atoms with Gasteiger partial charge in [-0.05, 0) is 20.8 Å². The maximum atomic E-state index is 11.4. The fraction of sp³-hybridized carbons (Fsp3) is 0.875. The smallest absolute Gasteiger partial charge is 0.332 e. The number of amides is 1. The van der Waals surface area contributed by atoms with Gasteiger partial charge in [-0.25, -0.2) is 4.79 Å². The van der Waals surface area contributed by atoms with Crippen LogP contribution in [0.5, 0.6) is 0 Å². The molecule has 0 unspecified atom stereocenters. The topological polar surface area (TPSA) is 92.3 Å². The van der Waals surface area contributed by atoms with Crippen molar-refractivity contribution in [1.29, 1.82) is 0 Å². The first-order valence-corrected chi connectivity index (χ1v) is 9.33. The van der Waals surface area contributed by atoms with Crippen LogP contribution in [-0.4, -0.2) is 82.2 Å². The fourth-order valence-electron chi connectivity index (χ4n) is 1.50. The van der Waals surface area contributed by atoms with Crippen LogP contribution in [0.25, 0.3) is 0 Å². The summed E-state index contributed by atoms with van der Waals surface area (Å²) in [6.07, 6.45) is 0. The van der Waals surface area contributed by atoms with E-state index in [1.54, 1.807) is 0 Å². The van der Waals surface area contributed by atoms with Gasteiger partial charge in [-0.3, -0.25) is 4.79 Å². The standard InChI is InChI=1S/C16H30BrNO7/c1-16(2,3)25-15(20)13-24-11-10-23-9-8-22-7-6-21-5-4-18-14(19)12-17/h4-13H2,1-3H3,(H,18,19). The highest BCUT2D eigenvalue weighted by atomic mass is 79.9. The van der Waals surface area contributed by atoms with Gasteiger partial charge in [0.25, 0.3) is 0 Å². The van der Waals surface area contributed by atoms with Gasteiger partial charge in [0.2, 0.25) is 5.91 Å². The van der Waals surface area contributed by atoms with Gasteiger partial charge in [-0.1, -0.05) is 15.9 Å². The predicted molar refractivity (Wildman–Crippen MR) is 95.9 cm³/mol. The third-order valence-electron chi connectivity index (χ3n) is 2.45. The Morgan fingerprint density at radius 3 is 1.80 bits per heavy atom. The molecule has 9 heteroatoms. The van der Waals surface area contributed by atoms with Crippen molar-refractivity contribution in [2.45, 2.75) is 26.4 Å². The zero-order valence-corrected chi connectivity index (χ0v) is 16.9. The van der Waals surface area contributed by atoms with Gasteiger partial charge in [0.05, 0.1) is 51.6 Å². The minimum atomic E-state index is -0.500. The van der Waals surface area contributed by atoms with E-state index >= 15 is 0 Å². The average Bonchev–Trinajstić information content (AvgIpc) is 2.53. The van der Waals surface area contributed by atoms with E-state index in [-0.39, 0.29) is 18.5 Å². The van der Waals surface area contributed by atoms with Crippen LogP contribution in [0.3, 0.4) is 0 Å². The van der Waals surface area contributed by atoms with Crippen LogP contribution in [0.2, 0.25) is 0 Å². The van der Waals surface area contributed by atoms with Gasteiger partial charge in [0, 0.05) is 6.54 Å². The van der Waals surface area contributed by atoms with Crippen LogP contribution in [0.15, 0.2) is 0 Å². The first-order chi connectivity index (χ1) is 11.8. The van der Waals surface area contributed by atoms with Gasteiger partial charge in [0.15, 0.2) is 0 Å². The Morgan fingerprint density at radius 1 is 0.840 bits per heavy atom. The molecule has 25 heavy (non-hydrogen) atoms. The first kappa shape index (κ1) is 24.3. The summed E-state index contributed by atoms with van der Waals surface area (Å²) in [5.74, 6) is -0.449. The number of carbonyl (C=O) groups is 2. The molecule has 8 nitrogen and oxygen atoms in total. The van der Waals surface area contributed by atoms with Crippen LogP contribution in [-0.2, 0) is 33.3 Å². The van der Waals surface area contributed by atoms with Crippen LogP contribution in [0.4, 0.5) is 0 Å². The molecule has 0 aliphatic heterocycles. The zero-order valence-electron chi connectivity index (χ0n) is 15.3. The van der Waals surface area contributed by atoms with E-state index in [0.717, 1.165) is 0 Å². The number of esters is 1. The second kappa shape index (κ2) is 15.5. The van der Waals surface area contributed by atoms with Crippen molar-refractivity contribution in [3.63, 3.8) is 0 Å². The maximum absolute atomic E-state index is 11.4. The van der Waals surface area contributed by atoms with Gasteiger partial charge >= 0.3 is 5.97 Å². The number of carbonyl (C=O) groups excluding carboxylic acids is 2. The normalized spacial score (nSPS) is 11.4. The minimum Gasteiger partial charge on any atom is -0.458 e. The number of rotatable bonds is 15. The van der Waals surface area contributed by atoms with Gasteiger partial charge in [-0.15, -0.1) is 0 Å². The zero-order chi connectivity index (χ0) is 19.0. The maximum Gasteiger partial charge on any atom is 0.332 e. The molecular formula is C16H30BrNO7. The van der Waals surface area contributed by atoms with E-state index < -0.39 is 5.60 Å². The number of alkyl halides is 1. The number of ether oxygens (including phenoxy) is 5. The van der Waals surface area contributed by atoms with E-state index in [4.69, 9.17) is 23.7 Å². The number of nitrogens with one attached hydrogen (secondary N) is 1. The molecule has 0 saturated carbocycles. The lowest BCUT2D eigenvalue weighted by molar-refractivity contribution is -0.160. The van der Waals surface area contributed by atoms with E-state index in [2.05, 4.69) is 21.2 Å². The summed E-state index contributed by atoms with van der Waals surface area (Å²) in [5, 5.41) is 2.97. The summed E-state index contributed by atoms with van der Waals surface area (Å²) >= 11 is 3.06. The molecule has 148 valence electrons. The van der Waals surface area contributed by atoms with Crippen molar-refractivity contribution in [2.24, 2.45) is 0 Å². The van der Waals surface area contributed by atoms with Crippen molar-refractivity contribution in [3.8, 4) is 0 Å². The lowest BCUT2D eigenvalue weighted by Crippen LogP contribution is -2.28. The van der Waals surface area contributed by atoms with Crippen molar-refractivity contribution in [1.82, 2.24) is 5.32 Å². The summed E-state index contributed by atoms with van der Waals surface area (Å²) in [4.78, 5) is 22.3. The van der Waals surface area contributed by atoms with Crippen LogP contribution >= 0.6 is 15.9 Å². The molecule has 1 N–H and O–H groups in total. The van der Waals surface area contributed by atoms with Gasteiger partial charge in [-0.2, -0.15) is 0 Å². The third kappa shape index (κ3) is 19.4. The van der Waals surface area contributed by atoms with Gasteiger partial charge < -0.3 is 29.0 Å². The molecule has 0 saturated heterocycles. The number of hydrogen-bond donors (Lipinski definition) is 1. The Balaban J connectivity index is 3.19. The highest BCUT2D eigenvalue weighted by molar-refractivity contribution is 9.09. The van der Waals surface area contributed by atoms with Crippen molar-refractivity contribution in [2.75, 3.05) is 64.7 Å². The largest absolute Gasteiger partial charge is 0.458 e. The summed E-state index contributed by atoms with van der Waals surface area (Å²) < 4.78 is 26.2. The molecule has 1 amide bonds. The number of hydrogen-bond acceptors (Lipinski definition) is 7. The van der Waals surface area contributed by atoms with E-state index in [1.165, 1.54) is 0 Å². The Bertz CT molecular complexity index is 361. The summed E-state index contributed by atoms with van der Waals surface area (Å²) in [6, 6.07) is 0. The lowest BCUT2D eigenvalue weighted by atomic mass is 10.2. The quantitative estimate of drug-likeness (QED) is 0.236. The Kier molecular flexibility index (Phi) is 15.1. The van der Waals surface area contributed by atoms with Crippen molar-refractivity contribution < 1.29 is 33.3 Å². The van der Waals surface area contributed by atoms with Crippen LogP contribution in [0.1, 0.15) is 20.8 Å². The van der Waals surface area contributed by atoms with Crippen molar-refractivity contribution >= 4 is 27.8 Å². The van der Waals surface area contributed by atoms with Crippen LogP contribution in [0, 0.1) is 0 Å². The first-order valence-electron chi connectivity index (χ1n) is 8.20. The third-order valence-corrected chi connectivity index (χ3v) is 2.96. The molecule has 0 fully saturated rings. The van der Waals surface area contributed by atoms with Crippen molar-refractivity contribution in [3.05, 3.63) is 0 Å². The molecule has 0 rings (SSSR count). The second-order valence-electron chi connectivity index (χ2n) is 5.96. The molecule has 0 radical (unpaired) electrons. The molecule has 0 aromatic heterocycles. The average molecular weight is 428 g/mol. The molecule has 0 aromatic rings. The van der Waals surface area contributed by atoms with E-state index in [1.807, 2.05) is 20.8 Å². The molecule has 0 heterocycles. The van der Waals surface area contributed by atoms with E-state index in [9.17, 15) is 9.59 Å². The molecule has 0 aliphatic carbocycles. The summed E-state index contributed by atoms with van der Waals surface area (Å²) in [5.41, 5.74) is -0.500. The summed E-state index contributed by atoms with van der Waals surface area (Å²) in [6.45, 7) is 8.80. The molecule has 0 spiro atoms. The Hall–Kier alpha value is -0.740. The minimum absolute atomic E-state index is 0.0629. The van der Waals surface area contributed by atoms with E-state index in [0.29, 0.717) is 58.1 Å². The lowest BCUT2D eigenvalue weighted by Gasteiger charge is -2.19. The molecule has 0 bridgehead atoms. The predicted octanol–water partition coefficient (Wildman–Crippen LogP) is 0.906. The molecule has 0 atom stereocenters. The highest BCUT2D eigenvalue weighted by Crippen LogP contribution is 2.06.